The molecular weight excluding hydrogens is 240 g/mol. The minimum atomic E-state index is 0.551. The van der Waals surface area contributed by atoms with Gasteiger partial charge in [0.2, 0.25) is 0 Å². The minimum Gasteiger partial charge on any atom is -0.384 e. The van der Waals surface area contributed by atoms with Crippen LogP contribution in [0, 0.1) is 17.2 Å². The number of aldehydes is 1. The van der Waals surface area contributed by atoms with Crippen molar-refractivity contribution in [2.24, 2.45) is 5.92 Å². The molecule has 1 aromatic rings. The summed E-state index contributed by atoms with van der Waals surface area (Å²) in [7, 11) is 1.73. The molecule has 0 aromatic heterocycles. The molecule has 0 aliphatic carbocycles. The van der Waals surface area contributed by atoms with Crippen LogP contribution in [0.3, 0.4) is 0 Å². The van der Waals surface area contributed by atoms with E-state index in [0.29, 0.717) is 17.0 Å². The van der Waals surface area contributed by atoms with E-state index < -0.39 is 0 Å². The number of hydrogen-bond acceptors (Lipinski definition) is 4. The Hall–Kier alpha value is -1.86. The Balaban J connectivity index is 2.11. The van der Waals surface area contributed by atoms with Gasteiger partial charge in [0, 0.05) is 32.4 Å². The fraction of sp³-hybridized carbons (Fsp3) is 0.467. The van der Waals surface area contributed by atoms with E-state index in [9.17, 15) is 10.1 Å². The summed E-state index contributed by atoms with van der Waals surface area (Å²) in [5.41, 5.74) is 2.06. The molecule has 1 aromatic carbocycles. The van der Waals surface area contributed by atoms with E-state index in [1.165, 1.54) is 0 Å². The number of ether oxygens (including phenoxy) is 1. The molecule has 1 heterocycles. The number of piperidine rings is 1. The van der Waals surface area contributed by atoms with Gasteiger partial charge in [-0.2, -0.15) is 5.26 Å². The summed E-state index contributed by atoms with van der Waals surface area (Å²) >= 11 is 0. The lowest BCUT2D eigenvalue weighted by molar-refractivity contribution is 0.112. The van der Waals surface area contributed by atoms with Crippen LogP contribution in [0.5, 0.6) is 0 Å². The van der Waals surface area contributed by atoms with Gasteiger partial charge in [-0.3, -0.25) is 4.79 Å². The number of hydrogen-bond donors (Lipinski definition) is 0. The number of anilines is 1. The Morgan fingerprint density at radius 1 is 1.47 bits per heavy atom. The topological polar surface area (TPSA) is 53.3 Å². The molecule has 1 saturated heterocycles. The molecule has 0 radical (unpaired) electrons. The van der Waals surface area contributed by atoms with Gasteiger partial charge in [0.15, 0.2) is 0 Å². The van der Waals surface area contributed by atoms with Crippen LogP contribution in [0.2, 0.25) is 0 Å². The first-order chi connectivity index (χ1) is 9.28. The van der Waals surface area contributed by atoms with Crippen molar-refractivity contribution in [1.82, 2.24) is 0 Å². The zero-order valence-corrected chi connectivity index (χ0v) is 11.1. The van der Waals surface area contributed by atoms with Gasteiger partial charge in [-0.05, 0) is 37.0 Å². The maximum Gasteiger partial charge on any atom is 0.150 e. The molecule has 0 atom stereocenters. The molecule has 19 heavy (non-hydrogen) atoms. The molecule has 4 nitrogen and oxygen atoms in total. The number of rotatable bonds is 4. The molecule has 0 amide bonds. The van der Waals surface area contributed by atoms with Crippen molar-refractivity contribution >= 4 is 12.0 Å². The number of carbonyl (C=O) groups is 1. The van der Waals surface area contributed by atoms with Gasteiger partial charge in [0.1, 0.15) is 12.4 Å². The fourth-order valence-corrected chi connectivity index (χ4v) is 2.57. The van der Waals surface area contributed by atoms with E-state index in [1.807, 2.05) is 6.07 Å². The Labute approximate surface area is 113 Å². The summed E-state index contributed by atoms with van der Waals surface area (Å²) in [5, 5.41) is 9.19. The Morgan fingerprint density at radius 3 is 2.79 bits per heavy atom. The van der Waals surface area contributed by atoms with Crippen LogP contribution in [0.4, 0.5) is 5.69 Å². The molecule has 0 unspecified atom stereocenters. The highest BCUT2D eigenvalue weighted by atomic mass is 16.5. The van der Waals surface area contributed by atoms with E-state index >= 15 is 0 Å². The molecule has 4 heteroatoms. The second kappa shape index (κ2) is 6.35. The van der Waals surface area contributed by atoms with E-state index in [-0.39, 0.29) is 0 Å². The van der Waals surface area contributed by atoms with Crippen LogP contribution in [0.15, 0.2) is 18.2 Å². The van der Waals surface area contributed by atoms with E-state index in [1.54, 1.807) is 19.2 Å². The average Bonchev–Trinajstić information content (AvgIpc) is 2.48. The lowest BCUT2D eigenvalue weighted by Crippen LogP contribution is -2.35. The third-order valence-corrected chi connectivity index (χ3v) is 3.63. The van der Waals surface area contributed by atoms with Crippen molar-refractivity contribution in [1.29, 1.82) is 5.26 Å². The quantitative estimate of drug-likeness (QED) is 0.777. The highest BCUT2D eigenvalue weighted by Crippen LogP contribution is 2.26. The number of carbonyl (C=O) groups excluding carboxylic acids is 1. The standard InChI is InChI=1S/C15H18N2O2/c1-19-11-12-4-6-17(7-5-12)15-3-2-13(10-18)8-14(15)9-16/h2-3,8,10,12H,4-7,11H2,1H3. The number of nitriles is 1. The molecule has 100 valence electrons. The summed E-state index contributed by atoms with van der Waals surface area (Å²) < 4.78 is 5.19. The lowest BCUT2D eigenvalue weighted by atomic mass is 9.96. The third kappa shape index (κ3) is 3.12. The maximum absolute atomic E-state index is 10.7. The van der Waals surface area contributed by atoms with Crippen LogP contribution < -0.4 is 4.90 Å². The SMILES string of the molecule is COCC1CCN(c2ccc(C=O)cc2C#N)CC1. The van der Waals surface area contributed by atoms with E-state index in [0.717, 1.165) is 44.5 Å². The molecule has 0 N–H and O–H groups in total. The smallest absolute Gasteiger partial charge is 0.150 e. The van der Waals surface area contributed by atoms with Crippen molar-refractivity contribution < 1.29 is 9.53 Å². The van der Waals surface area contributed by atoms with Crippen molar-refractivity contribution in [3.8, 4) is 6.07 Å². The Morgan fingerprint density at radius 2 is 2.21 bits per heavy atom. The maximum atomic E-state index is 10.7. The normalized spacial score (nSPS) is 16.1. The monoisotopic (exact) mass is 258 g/mol. The van der Waals surface area contributed by atoms with Gasteiger partial charge >= 0.3 is 0 Å². The van der Waals surface area contributed by atoms with Gasteiger partial charge in [0.05, 0.1) is 11.3 Å². The Kier molecular flexibility index (Phi) is 4.53. The van der Waals surface area contributed by atoms with Gasteiger partial charge in [0.25, 0.3) is 0 Å². The predicted octanol–water partition coefficient (Wildman–Crippen LogP) is 2.23. The van der Waals surface area contributed by atoms with Crippen molar-refractivity contribution in [2.75, 3.05) is 31.7 Å². The molecule has 0 saturated carbocycles. The minimum absolute atomic E-state index is 0.551. The number of benzene rings is 1. The van der Waals surface area contributed by atoms with Crippen molar-refractivity contribution in [2.45, 2.75) is 12.8 Å². The highest BCUT2D eigenvalue weighted by Gasteiger charge is 2.21. The molecule has 0 bridgehead atoms. The third-order valence-electron chi connectivity index (χ3n) is 3.63. The first-order valence-electron chi connectivity index (χ1n) is 6.51. The number of methoxy groups -OCH3 is 1. The molecular formula is C15H18N2O2. The van der Waals surface area contributed by atoms with Crippen LogP contribution >= 0.6 is 0 Å². The second-order valence-electron chi connectivity index (χ2n) is 4.89. The fourth-order valence-electron chi connectivity index (χ4n) is 2.57. The Bertz CT molecular complexity index is 485. The van der Waals surface area contributed by atoms with E-state index in [4.69, 9.17) is 4.74 Å². The van der Waals surface area contributed by atoms with Crippen molar-refractivity contribution in [3.63, 3.8) is 0 Å². The highest BCUT2D eigenvalue weighted by molar-refractivity contribution is 5.78. The average molecular weight is 258 g/mol. The van der Waals surface area contributed by atoms with Crippen LogP contribution in [0.1, 0.15) is 28.8 Å². The predicted molar refractivity (Wildman–Crippen MR) is 73.4 cm³/mol. The van der Waals surface area contributed by atoms with E-state index in [2.05, 4.69) is 11.0 Å². The second-order valence-corrected chi connectivity index (χ2v) is 4.89. The largest absolute Gasteiger partial charge is 0.384 e. The number of nitrogens with zero attached hydrogens (tertiary/aromatic N) is 2. The summed E-state index contributed by atoms with van der Waals surface area (Å²) in [6.07, 6.45) is 2.93. The summed E-state index contributed by atoms with van der Waals surface area (Å²) in [5.74, 6) is 0.612. The summed E-state index contributed by atoms with van der Waals surface area (Å²) in [4.78, 5) is 13.0. The molecule has 0 spiro atoms. The first kappa shape index (κ1) is 13.6. The van der Waals surface area contributed by atoms with Crippen LogP contribution in [-0.4, -0.2) is 33.1 Å². The van der Waals surface area contributed by atoms with Gasteiger partial charge in [-0.15, -0.1) is 0 Å². The van der Waals surface area contributed by atoms with Gasteiger partial charge in [-0.25, -0.2) is 0 Å². The molecule has 2 rings (SSSR count). The first-order valence-corrected chi connectivity index (χ1v) is 6.51. The summed E-state index contributed by atoms with van der Waals surface area (Å²) in [6.45, 7) is 2.68. The van der Waals surface area contributed by atoms with Crippen LogP contribution in [-0.2, 0) is 4.74 Å². The molecule has 1 fully saturated rings. The molecule has 1 aliphatic heterocycles. The van der Waals surface area contributed by atoms with Crippen molar-refractivity contribution in [3.05, 3.63) is 29.3 Å². The van der Waals surface area contributed by atoms with Gasteiger partial charge in [-0.1, -0.05) is 0 Å². The zero-order chi connectivity index (χ0) is 13.7. The summed E-state index contributed by atoms with van der Waals surface area (Å²) in [6, 6.07) is 7.48. The molecule has 1 aliphatic rings. The van der Waals surface area contributed by atoms with Crippen LogP contribution in [0.25, 0.3) is 0 Å². The zero-order valence-electron chi connectivity index (χ0n) is 11.1. The van der Waals surface area contributed by atoms with Gasteiger partial charge < -0.3 is 9.64 Å². The lowest BCUT2D eigenvalue weighted by Gasteiger charge is -2.33.